The minimum atomic E-state index is -0.0252. The molecular formula is C18H18N6O. The highest BCUT2D eigenvalue weighted by Gasteiger charge is 2.28. The Morgan fingerprint density at radius 3 is 2.96 bits per heavy atom. The molecular weight excluding hydrogens is 316 g/mol. The highest BCUT2D eigenvalue weighted by atomic mass is 16.1. The third kappa shape index (κ3) is 3.71. The van der Waals surface area contributed by atoms with Gasteiger partial charge in [-0.25, -0.2) is 4.68 Å². The van der Waals surface area contributed by atoms with Gasteiger partial charge in [-0.3, -0.25) is 9.78 Å². The summed E-state index contributed by atoms with van der Waals surface area (Å²) >= 11 is 0. The molecule has 1 aliphatic carbocycles. The summed E-state index contributed by atoms with van der Waals surface area (Å²) in [4.78, 5) is 16.3. The van der Waals surface area contributed by atoms with Gasteiger partial charge in [0.2, 0.25) is 5.91 Å². The lowest BCUT2D eigenvalue weighted by molar-refractivity contribution is -0.116. The molecule has 1 amide bonds. The molecule has 1 saturated carbocycles. The van der Waals surface area contributed by atoms with Crippen LogP contribution in [0.4, 0.5) is 5.69 Å². The van der Waals surface area contributed by atoms with Crippen molar-refractivity contribution in [3.63, 3.8) is 0 Å². The van der Waals surface area contributed by atoms with Crippen molar-refractivity contribution in [2.24, 2.45) is 0 Å². The number of carbonyl (C=O) groups is 1. The first-order valence-electron chi connectivity index (χ1n) is 8.36. The van der Waals surface area contributed by atoms with E-state index < -0.39 is 0 Å². The van der Waals surface area contributed by atoms with Crippen LogP contribution in [0, 0.1) is 0 Å². The number of aromatic nitrogens is 5. The van der Waals surface area contributed by atoms with E-state index in [0.29, 0.717) is 18.9 Å². The lowest BCUT2D eigenvalue weighted by atomic mass is 10.1. The summed E-state index contributed by atoms with van der Waals surface area (Å²) in [6, 6.07) is 11.9. The van der Waals surface area contributed by atoms with E-state index in [0.717, 1.165) is 35.5 Å². The minimum absolute atomic E-state index is 0.0252. The van der Waals surface area contributed by atoms with Gasteiger partial charge in [-0.1, -0.05) is 18.2 Å². The molecule has 7 heteroatoms. The van der Waals surface area contributed by atoms with Gasteiger partial charge in [0.15, 0.2) is 5.82 Å². The molecule has 1 aromatic carbocycles. The van der Waals surface area contributed by atoms with Crippen LogP contribution >= 0.6 is 0 Å². The smallest absolute Gasteiger partial charge is 0.224 e. The molecule has 0 spiro atoms. The summed E-state index contributed by atoms with van der Waals surface area (Å²) in [5.74, 6) is 0.719. The van der Waals surface area contributed by atoms with Crippen LogP contribution in [0.5, 0.6) is 0 Å². The molecule has 0 atom stereocenters. The van der Waals surface area contributed by atoms with Gasteiger partial charge in [-0.15, -0.1) is 5.10 Å². The number of amides is 1. The van der Waals surface area contributed by atoms with Crippen molar-refractivity contribution >= 4 is 11.6 Å². The quantitative estimate of drug-likeness (QED) is 0.749. The molecule has 1 fully saturated rings. The van der Waals surface area contributed by atoms with E-state index in [1.807, 2.05) is 41.1 Å². The monoisotopic (exact) mass is 334 g/mol. The molecule has 0 unspecified atom stereocenters. The molecule has 1 N–H and O–H groups in total. The number of rotatable bonds is 6. The van der Waals surface area contributed by atoms with Gasteiger partial charge in [0.05, 0.1) is 6.04 Å². The van der Waals surface area contributed by atoms with Gasteiger partial charge in [0, 0.05) is 30.1 Å². The number of nitrogens with zero attached hydrogens (tertiary/aromatic N) is 5. The molecule has 126 valence electrons. The van der Waals surface area contributed by atoms with E-state index in [-0.39, 0.29) is 5.91 Å². The lowest BCUT2D eigenvalue weighted by Gasteiger charge is -2.08. The zero-order valence-electron chi connectivity index (χ0n) is 13.7. The fraction of sp³-hybridized carbons (Fsp3) is 0.278. The Bertz CT molecular complexity index is 872. The van der Waals surface area contributed by atoms with Crippen LogP contribution in [0.2, 0.25) is 0 Å². The maximum Gasteiger partial charge on any atom is 0.224 e. The Labute approximate surface area is 145 Å². The molecule has 2 heterocycles. The average molecular weight is 334 g/mol. The third-order valence-electron chi connectivity index (χ3n) is 4.15. The van der Waals surface area contributed by atoms with Crippen molar-refractivity contribution < 1.29 is 4.79 Å². The number of hydrogen-bond acceptors (Lipinski definition) is 5. The second-order valence-corrected chi connectivity index (χ2v) is 6.17. The number of aryl methyl sites for hydroxylation is 1. The van der Waals surface area contributed by atoms with Crippen LogP contribution in [0.1, 0.15) is 30.9 Å². The number of pyridine rings is 1. The summed E-state index contributed by atoms with van der Waals surface area (Å²) in [6.07, 6.45) is 6.82. The fourth-order valence-corrected chi connectivity index (χ4v) is 2.71. The standard InChI is InChI=1S/C18H18N6O/c25-17(9-6-13-3-2-10-19-12-13)20-15-5-1-4-14(11-15)18-21-22-23-24(18)16-7-8-16/h1-5,10-12,16H,6-9H2,(H,20,25). The summed E-state index contributed by atoms with van der Waals surface area (Å²) in [5.41, 5.74) is 2.70. The van der Waals surface area contributed by atoms with Crippen LogP contribution in [0.15, 0.2) is 48.8 Å². The van der Waals surface area contributed by atoms with Crippen molar-refractivity contribution in [1.82, 2.24) is 25.2 Å². The van der Waals surface area contributed by atoms with Crippen molar-refractivity contribution in [1.29, 1.82) is 0 Å². The molecule has 0 saturated heterocycles. The molecule has 1 aliphatic rings. The molecule has 0 radical (unpaired) electrons. The normalized spacial score (nSPS) is 13.6. The van der Waals surface area contributed by atoms with E-state index in [9.17, 15) is 4.79 Å². The van der Waals surface area contributed by atoms with Gasteiger partial charge in [-0.05, 0) is 53.5 Å². The van der Waals surface area contributed by atoms with E-state index >= 15 is 0 Å². The van der Waals surface area contributed by atoms with Crippen LogP contribution in [0.25, 0.3) is 11.4 Å². The number of carbonyl (C=O) groups excluding carboxylic acids is 1. The first-order valence-corrected chi connectivity index (χ1v) is 8.36. The summed E-state index contributed by atoms with van der Waals surface area (Å²) in [6.45, 7) is 0. The topological polar surface area (TPSA) is 85.6 Å². The van der Waals surface area contributed by atoms with E-state index in [2.05, 4.69) is 25.8 Å². The van der Waals surface area contributed by atoms with E-state index in [1.54, 1.807) is 12.4 Å². The lowest BCUT2D eigenvalue weighted by Crippen LogP contribution is -2.12. The van der Waals surface area contributed by atoms with Gasteiger partial charge in [0.1, 0.15) is 0 Å². The highest BCUT2D eigenvalue weighted by Crippen LogP contribution is 2.36. The Morgan fingerprint density at radius 1 is 1.24 bits per heavy atom. The zero-order chi connectivity index (χ0) is 17.1. The largest absolute Gasteiger partial charge is 0.326 e. The predicted molar refractivity (Wildman–Crippen MR) is 92.7 cm³/mol. The van der Waals surface area contributed by atoms with Gasteiger partial charge >= 0.3 is 0 Å². The fourth-order valence-electron chi connectivity index (χ4n) is 2.71. The molecule has 7 nitrogen and oxygen atoms in total. The van der Waals surface area contributed by atoms with Gasteiger partial charge in [0.25, 0.3) is 0 Å². The van der Waals surface area contributed by atoms with Crippen LogP contribution in [-0.4, -0.2) is 31.1 Å². The molecule has 3 aromatic rings. The maximum absolute atomic E-state index is 12.2. The SMILES string of the molecule is O=C(CCc1cccnc1)Nc1cccc(-c2nnnn2C2CC2)c1. The highest BCUT2D eigenvalue weighted by molar-refractivity contribution is 5.91. The molecule has 0 bridgehead atoms. The van der Waals surface area contributed by atoms with Crippen LogP contribution < -0.4 is 5.32 Å². The summed E-state index contributed by atoms with van der Waals surface area (Å²) in [7, 11) is 0. The van der Waals surface area contributed by atoms with Crippen molar-refractivity contribution in [3.8, 4) is 11.4 Å². The van der Waals surface area contributed by atoms with Crippen LogP contribution in [-0.2, 0) is 11.2 Å². The maximum atomic E-state index is 12.2. The second-order valence-electron chi connectivity index (χ2n) is 6.17. The van der Waals surface area contributed by atoms with Crippen molar-refractivity contribution in [3.05, 3.63) is 54.4 Å². The van der Waals surface area contributed by atoms with E-state index in [4.69, 9.17) is 0 Å². The Hall–Kier alpha value is -3.09. The number of nitrogens with one attached hydrogen (secondary N) is 1. The molecule has 25 heavy (non-hydrogen) atoms. The Morgan fingerprint density at radius 2 is 2.16 bits per heavy atom. The van der Waals surface area contributed by atoms with Crippen molar-refractivity contribution in [2.75, 3.05) is 5.32 Å². The third-order valence-corrected chi connectivity index (χ3v) is 4.15. The number of tetrazole rings is 1. The zero-order valence-corrected chi connectivity index (χ0v) is 13.7. The van der Waals surface area contributed by atoms with Gasteiger partial charge < -0.3 is 5.32 Å². The summed E-state index contributed by atoms with van der Waals surface area (Å²) in [5, 5.41) is 14.9. The number of hydrogen-bond donors (Lipinski definition) is 1. The van der Waals surface area contributed by atoms with E-state index in [1.165, 1.54) is 0 Å². The number of anilines is 1. The van der Waals surface area contributed by atoms with Crippen molar-refractivity contribution in [2.45, 2.75) is 31.7 Å². The number of benzene rings is 1. The molecule has 2 aromatic heterocycles. The van der Waals surface area contributed by atoms with Gasteiger partial charge in [-0.2, -0.15) is 0 Å². The predicted octanol–water partition coefficient (Wildman–Crippen LogP) is 2.64. The first kappa shape index (κ1) is 15.4. The summed E-state index contributed by atoms with van der Waals surface area (Å²) < 4.78 is 1.86. The minimum Gasteiger partial charge on any atom is -0.326 e. The van der Waals surface area contributed by atoms with Crippen LogP contribution in [0.3, 0.4) is 0 Å². The first-order chi connectivity index (χ1) is 12.3. The Kier molecular flexibility index (Phi) is 4.20. The molecule has 0 aliphatic heterocycles. The second kappa shape index (κ2) is 6.80. The molecule has 4 rings (SSSR count). The Balaban J connectivity index is 1.42. The average Bonchev–Trinajstić information content (AvgIpc) is 3.37.